The standard InChI is InChI=1S/C24H31N3O4S/c1-17-13-21(32(30,31)26(3)4)15-22(18(17)2)25-24(29)20-11-8-12-27(16-20)23(28)14-19-9-6-5-7-10-19/h5-7,9-10,13,15,20H,8,11-12,14,16H2,1-4H3,(H,25,29). The summed E-state index contributed by atoms with van der Waals surface area (Å²) in [7, 11) is -0.664. The van der Waals surface area contributed by atoms with Gasteiger partial charge >= 0.3 is 0 Å². The Balaban J connectivity index is 1.73. The molecule has 0 spiro atoms. The van der Waals surface area contributed by atoms with Gasteiger partial charge in [-0.05, 0) is 55.5 Å². The maximum atomic E-state index is 13.0. The molecular weight excluding hydrogens is 426 g/mol. The van der Waals surface area contributed by atoms with Crippen molar-refractivity contribution in [2.24, 2.45) is 5.92 Å². The minimum atomic E-state index is -3.62. The fraction of sp³-hybridized carbons (Fsp3) is 0.417. The van der Waals surface area contributed by atoms with E-state index in [1.54, 1.807) is 11.0 Å². The molecule has 32 heavy (non-hydrogen) atoms. The molecule has 1 heterocycles. The van der Waals surface area contributed by atoms with Gasteiger partial charge in [0.25, 0.3) is 0 Å². The summed E-state index contributed by atoms with van der Waals surface area (Å²) in [5, 5.41) is 2.92. The fourth-order valence-corrected chi connectivity index (χ4v) is 4.86. The average Bonchev–Trinajstić information content (AvgIpc) is 2.77. The van der Waals surface area contributed by atoms with Gasteiger partial charge in [-0.1, -0.05) is 30.3 Å². The van der Waals surface area contributed by atoms with Gasteiger partial charge in [0, 0.05) is 32.9 Å². The van der Waals surface area contributed by atoms with Crippen LogP contribution in [0.3, 0.4) is 0 Å². The summed E-state index contributed by atoms with van der Waals surface area (Å²) in [6.45, 7) is 4.69. The number of benzene rings is 2. The molecule has 3 rings (SSSR count). The summed E-state index contributed by atoms with van der Waals surface area (Å²) in [6.07, 6.45) is 1.76. The molecule has 0 radical (unpaired) electrons. The molecule has 172 valence electrons. The molecule has 7 nitrogen and oxygen atoms in total. The number of likely N-dealkylation sites (tertiary alicyclic amines) is 1. The highest BCUT2D eigenvalue weighted by Crippen LogP contribution is 2.27. The first-order valence-electron chi connectivity index (χ1n) is 10.8. The van der Waals surface area contributed by atoms with Gasteiger partial charge in [-0.15, -0.1) is 0 Å². The lowest BCUT2D eigenvalue weighted by molar-refractivity contribution is -0.133. The van der Waals surface area contributed by atoms with E-state index < -0.39 is 10.0 Å². The Morgan fingerprint density at radius 2 is 1.81 bits per heavy atom. The molecule has 1 unspecified atom stereocenters. The van der Waals surface area contributed by atoms with Crippen molar-refractivity contribution in [3.05, 3.63) is 59.2 Å². The van der Waals surface area contributed by atoms with Crippen LogP contribution in [0.4, 0.5) is 5.69 Å². The largest absolute Gasteiger partial charge is 0.342 e. The third kappa shape index (κ3) is 5.37. The summed E-state index contributed by atoms with van der Waals surface area (Å²) in [5.74, 6) is -0.513. The lowest BCUT2D eigenvalue weighted by Crippen LogP contribution is -2.44. The lowest BCUT2D eigenvalue weighted by atomic mass is 9.96. The normalized spacial score (nSPS) is 16.8. The number of anilines is 1. The van der Waals surface area contributed by atoms with Crippen LogP contribution in [0.25, 0.3) is 0 Å². The fourth-order valence-electron chi connectivity index (χ4n) is 3.85. The van der Waals surface area contributed by atoms with Gasteiger partial charge in [0.1, 0.15) is 0 Å². The number of hydrogen-bond acceptors (Lipinski definition) is 4. The highest BCUT2D eigenvalue weighted by molar-refractivity contribution is 7.89. The first kappa shape index (κ1) is 23.9. The Kier molecular flexibility index (Phi) is 7.36. The molecule has 0 saturated carbocycles. The molecule has 1 atom stereocenters. The van der Waals surface area contributed by atoms with E-state index in [0.717, 1.165) is 27.4 Å². The molecule has 1 N–H and O–H groups in total. The maximum absolute atomic E-state index is 13.0. The second-order valence-corrected chi connectivity index (χ2v) is 10.7. The average molecular weight is 458 g/mol. The molecule has 1 aliphatic heterocycles. The van der Waals surface area contributed by atoms with Crippen molar-refractivity contribution in [2.75, 3.05) is 32.5 Å². The van der Waals surface area contributed by atoms with E-state index in [9.17, 15) is 18.0 Å². The van der Waals surface area contributed by atoms with E-state index in [4.69, 9.17) is 0 Å². The number of carbonyl (C=O) groups is 2. The topological polar surface area (TPSA) is 86.8 Å². The van der Waals surface area contributed by atoms with E-state index in [2.05, 4.69) is 5.32 Å². The van der Waals surface area contributed by atoms with Crippen molar-refractivity contribution in [1.29, 1.82) is 0 Å². The van der Waals surface area contributed by atoms with Gasteiger partial charge in [0.2, 0.25) is 21.8 Å². The first-order valence-corrected chi connectivity index (χ1v) is 12.2. The molecule has 1 aliphatic rings. The number of piperidine rings is 1. The Morgan fingerprint density at radius 1 is 1.12 bits per heavy atom. The number of amides is 2. The minimum Gasteiger partial charge on any atom is -0.342 e. The second-order valence-electron chi connectivity index (χ2n) is 8.53. The molecule has 0 aliphatic carbocycles. The number of nitrogens with one attached hydrogen (secondary N) is 1. The molecule has 1 fully saturated rings. The highest BCUT2D eigenvalue weighted by Gasteiger charge is 2.29. The quantitative estimate of drug-likeness (QED) is 0.723. The third-order valence-corrected chi connectivity index (χ3v) is 7.81. The van der Waals surface area contributed by atoms with Crippen LogP contribution in [-0.4, -0.2) is 56.6 Å². The number of rotatable bonds is 6. The molecule has 0 aromatic heterocycles. The molecule has 1 saturated heterocycles. The number of hydrogen-bond donors (Lipinski definition) is 1. The van der Waals surface area contributed by atoms with Gasteiger partial charge in [-0.2, -0.15) is 0 Å². The van der Waals surface area contributed by atoms with Crippen LogP contribution in [0, 0.1) is 19.8 Å². The second kappa shape index (κ2) is 9.83. The summed E-state index contributed by atoms with van der Waals surface area (Å²) in [4.78, 5) is 27.7. The zero-order valence-electron chi connectivity index (χ0n) is 19.1. The SMILES string of the molecule is Cc1cc(S(=O)(=O)N(C)C)cc(NC(=O)C2CCCN(C(=O)Cc3ccccc3)C2)c1C. The van der Waals surface area contributed by atoms with Gasteiger partial charge in [-0.3, -0.25) is 9.59 Å². The number of sulfonamides is 1. The van der Waals surface area contributed by atoms with E-state index in [1.165, 1.54) is 20.2 Å². The number of aryl methyl sites for hydroxylation is 1. The van der Waals surface area contributed by atoms with Crippen LogP contribution in [-0.2, 0) is 26.0 Å². The summed E-state index contributed by atoms with van der Waals surface area (Å²) < 4.78 is 26.3. The molecule has 2 amide bonds. The summed E-state index contributed by atoms with van der Waals surface area (Å²) >= 11 is 0. The van der Waals surface area contributed by atoms with Crippen LogP contribution in [0.5, 0.6) is 0 Å². The van der Waals surface area contributed by atoms with Crippen LogP contribution >= 0.6 is 0 Å². The molecule has 8 heteroatoms. The predicted molar refractivity (Wildman–Crippen MR) is 125 cm³/mol. The number of carbonyl (C=O) groups excluding carboxylic acids is 2. The van der Waals surface area contributed by atoms with E-state index >= 15 is 0 Å². The Hall–Kier alpha value is -2.71. The highest BCUT2D eigenvalue weighted by atomic mass is 32.2. The van der Waals surface area contributed by atoms with Crippen molar-refractivity contribution < 1.29 is 18.0 Å². The van der Waals surface area contributed by atoms with E-state index in [1.807, 2.05) is 44.2 Å². The monoisotopic (exact) mass is 457 g/mol. The Bertz CT molecular complexity index is 1100. The minimum absolute atomic E-state index is 0.0137. The lowest BCUT2D eigenvalue weighted by Gasteiger charge is -2.32. The third-order valence-electron chi connectivity index (χ3n) is 6.02. The van der Waals surface area contributed by atoms with Gasteiger partial charge < -0.3 is 10.2 Å². The zero-order chi connectivity index (χ0) is 23.5. The van der Waals surface area contributed by atoms with Crippen molar-refractivity contribution in [3.8, 4) is 0 Å². The predicted octanol–water partition coefficient (Wildman–Crippen LogP) is 2.97. The van der Waals surface area contributed by atoms with Gasteiger partial charge in [0.15, 0.2) is 0 Å². The van der Waals surface area contributed by atoms with Crippen molar-refractivity contribution in [3.63, 3.8) is 0 Å². The van der Waals surface area contributed by atoms with Crippen LogP contribution in [0.2, 0.25) is 0 Å². The van der Waals surface area contributed by atoms with Crippen molar-refractivity contribution in [2.45, 2.75) is 38.0 Å². The first-order chi connectivity index (χ1) is 15.1. The molecule has 2 aromatic carbocycles. The zero-order valence-corrected chi connectivity index (χ0v) is 19.9. The van der Waals surface area contributed by atoms with Gasteiger partial charge in [0.05, 0.1) is 17.2 Å². The molecule has 0 bridgehead atoms. The molecular formula is C24H31N3O4S. The van der Waals surface area contributed by atoms with Crippen molar-refractivity contribution >= 4 is 27.5 Å². The maximum Gasteiger partial charge on any atom is 0.242 e. The van der Waals surface area contributed by atoms with Crippen molar-refractivity contribution in [1.82, 2.24) is 9.21 Å². The smallest absolute Gasteiger partial charge is 0.242 e. The Labute approximate surface area is 190 Å². The van der Waals surface area contributed by atoms with Crippen LogP contribution in [0.15, 0.2) is 47.4 Å². The Morgan fingerprint density at radius 3 is 2.47 bits per heavy atom. The van der Waals surface area contributed by atoms with Crippen LogP contribution in [0.1, 0.15) is 29.5 Å². The summed E-state index contributed by atoms with van der Waals surface area (Å²) in [5.41, 5.74) is 3.05. The van der Waals surface area contributed by atoms with Gasteiger partial charge in [-0.25, -0.2) is 12.7 Å². The summed E-state index contributed by atoms with van der Waals surface area (Å²) in [6, 6.07) is 12.7. The van der Waals surface area contributed by atoms with E-state index in [-0.39, 0.29) is 22.6 Å². The van der Waals surface area contributed by atoms with Crippen LogP contribution < -0.4 is 5.32 Å². The molecule has 2 aromatic rings. The number of nitrogens with zero attached hydrogens (tertiary/aromatic N) is 2. The van der Waals surface area contributed by atoms with E-state index in [0.29, 0.717) is 31.6 Å².